The van der Waals surface area contributed by atoms with Gasteiger partial charge in [0.15, 0.2) is 0 Å². The second-order valence-corrected chi connectivity index (χ2v) is 6.05. The highest BCUT2D eigenvalue weighted by atomic mass is 35.5. The minimum absolute atomic E-state index is 0.0111. The first-order valence-corrected chi connectivity index (χ1v) is 7.94. The highest BCUT2D eigenvalue weighted by molar-refractivity contribution is 6.35. The molecule has 1 aromatic heterocycles. The molecular weight excluding hydrogens is 323 g/mol. The van der Waals surface area contributed by atoms with Crippen molar-refractivity contribution in [2.45, 2.75) is 31.7 Å². The second-order valence-electron chi connectivity index (χ2n) is 5.21. The van der Waals surface area contributed by atoms with Crippen molar-refractivity contribution in [3.8, 4) is 0 Å². The Morgan fingerprint density at radius 1 is 1.27 bits per heavy atom. The van der Waals surface area contributed by atoms with Crippen LogP contribution in [0.25, 0.3) is 0 Å². The third-order valence-corrected chi connectivity index (χ3v) is 4.19. The van der Waals surface area contributed by atoms with Crippen LogP contribution >= 0.6 is 23.2 Å². The van der Waals surface area contributed by atoms with Crippen LogP contribution in [0.1, 0.15) is 30.9 Å². The zero-order valence-electron chi connectivity index (χ0n) is 12.1. The summed E-state index contributed by atoms with van der Waals surface area (Å²) in [7, 11) is 0. The fourth-order valence-electron chi connectivity index (χ4n) is 2.65. The summed E-state index contributed by atoms with van der Waals surface area (Å²) in [6.45, 7) is 2.62. The first kappa shape index (κ1) is 15.7. The lowest BCUT2D eigenvalue weighted by molar-refractivity contribution is -0.143. The average molecular weight is 339 g/mol. The van der Waals surface area contributed by atoms with Crippen LogP contribution in [0.3, 0.4) is 0 Å². The van der Waals surface area contributed by atoms with E-state index >= 15 is 0 Å². The molecule has 1 aliphatic heterocycles. The van der Waals surface area contributed by atoms with Crippen molar-refractivity contribution in [3.63, 3.8) is 0 Å². The van der Waals surface area contributed by atoms with E-state index in [0.29, 0.717) is 22.2 Å². The van der Waals surface area contributed by atoms with Gasteiger partial charge in [0.25, 0.3) is 0 Å². The summed E-state index contributed by atoms with van der Waals surface area (Å²) in [6, 6.07) is 5.28. The minimum Gasteiger partial charge on any atom is -0.339 e. The largest absolute Gasteiger partial charge is 0.339 e. The molecule has 22 heavy (non-hydrogen) atoms. The Morgan fingerprint density at radius 3 is 2.73 bits per heavy atom. The summed E-state index contributed by atoms with van der Waals surface area (Å²) in [4.78, 5) is 8.16. The van der Waals surface area contributed by atoms with Gasteiger partial charge in [0.05, 0.1) is 23.3 Å². The summed E-state index contributed by atoms with van der Waals surface area (Å²) in [5.74, 6) is -1.08. The summed E-state index contributed by atoms with van der Waals surface area (Å²) in [5.41, 5.74) is 1.43. The van der Waals surface area contributed by atoms with E-state index in [2.05, 4.69) is 16.9 Å². The number of ether oxygens (including phenoxy) is 2. The molecule has 2 aromatic rings. The fraction of sp³-hybridized carbons (Fsp3) is 0.375. The van der Waals surface area contributed by atoms with Gasteiger partial charge in [-0.3, -0.25) is 0 Å². The quantitative estimate of drug-likeness (QED) is 0.837. The lowest BCUT2D eigenvalue weighted by atomic mass is 9.99. The molecule has 1 fully saturated rings. The second kappa shape index (κ2) is 6.50. The molecule has 0 spiro atoms. The molecule has 116 valence electrons. The zero-order chi connectivity index (χ0) is 15.6. The lowest BCUT2D eigenvalue weighted by Gasteiger charge is -2.29. The molecule has 0 saturated carbocycles. The fourth-order valence-corrected chi connectivity index (χ4v) is 3.18. The molecule has 0 bridgehead atoms. The van der Waals surface area contributed by atoms with E-state index in [0.717, 1.165) is 18.4 Å². The SMILES string of the molecule is CCCC1COC(c2cncnc2)(c2ccc(Cl)cc2Cl)O1. The van der Waals surface area contributed by atoms with Gasteiger partial charge >= 0.3 is 0 Å². The molecule has 4 nitrogen and oxygen atoms in total. The van der Waals surface area contributed by atoms with Crippen LogP contribution in [0.5, 0.6) is 0 Å². The van der Waals surface area contributed by atoms with Crippen LogP contribution in [0.15, 0.2) is 36.9 Å². The van der Waals surface area contributed by atoms with Crippen molar-refractivity contribution in [3.05, 3.63) is 58.1 Å². The van der Waals surface area contributed by atoms with E-state index in [1.54, 1.807) is 24.5 Å². The maximum absolute atomic E-state index is 6.39. The van der Waals surface area contributed by atoms with Gasteiger partial charge < -0.3 is 9.47 Å². The lowest BCUT2D eigenvalue weighted by Crippen LogP contribution is -2.30. The monoisotopic (exact) mass is 338 g/mol. The minimum atomic E-state index is -1.08. The Bertz CT molecular complexity index is 654. The Hall–Kier alpha value is -1.20. The summed E-state index contributed by atoms with van der Waals surface area (Å²) in [6.07, 6.45) is 6.79. The van der Waals surface area contributed by atoms with E-state index in [-0.39, 0.29) is 6.10 Å². The number of nitrogens with zero attached hydrogens (tertiary/aromatic N) is 2. The number of rotatable bonds is 4. The third-order valence-electron chi connectivity index (χ3n) is 3.64. The van der Waals surface area contributed by atoms with Crippen molar-refractivity contribution in [2.75, 3.05) is 6.61 Å². The smallest absolute Gasteiger partial charge is 0.227 e. The van der Waals surface area contributed by atoms with Crippen molar-refractivity contribution in [1.82, 2.24) is 9.97 Å². The predicted molar refractivity (Wildman–Crippen MR) is 85.0 cm³/mol. The van der Waals surface area contributed by atoms with Gasteiger partial charge in [0, 0.05) is 23.0 Å². The zero-order valence-corrected chi connectivity index (χ0v) is 13.6. The molecule has 2 unspecified atom stereocenters. The van der Waals surface area contributed by atoms with Crippen molar-refractivity contribution in [1.29, 1.82) is 0 Å². The molecule has 2 heterocycles. The Labute approximate surface area is 139 Å². The molecule has 0 radical (unpaired) electrons. The normalized spacial score (nSPS) is 24.6. The Balaban J connectivity index is 2.08. The first-order chi connectivity index (χ1) is 10.7. The van der Waals surface area contributed by atoms with E-state index in [4.69, 9.17) is 32.7 Å². The van der Waals surface area contributed by atoms with Crippen LogP contribution in [0.2, 0.25) is 10.0 Å². The number of hydrogen-bond donors (Lipinski definition) is 0. The van der Waals surface area contributed by atoms with Crippen LogP contribution in [-0.4, -0.2) is 22.7 Å². The number of aromatic nitrogens is 2. The molecule has 6 heteroatoms. The maximum atomic E-state index is 6.39. The van der Waals surface area contributed by atoms with Gasteiger partial charge in [0.1, 0.15) is 6.33 Å². The first-order valence-electron chi connectivity index (χ1n) is 7.18. The Morgan fingerprint density at radius 2 is 2.05 bits per heavy atom. The summed E-state index contributed by atoms with van der Waals surface area (Å²) >= 11 is 12.4. The van der Waals surface area contributed by atoms with Gasteiger partial charge in [-0.2, -0.15) is 0 Å². The molecule has 0 amide bonds. The van der Waals surface area contributed by atoms with Crippen molar-refractivity contribution in [2.24, 2.45) is 0 Å². The van der Waals surface area contributed by atoms with Crippen LogP contribution in [0.4, 0.5) is 0 Å². The molecule has 1 aromatic carbocycles. The van der Waals surface area contributed by atoms with Crippen LogP contribution in [0, 0.1) is 0 Å². The number of hydrogen-bond acceptors (Lipinski definition) is 4. The van der Waals surface area contributed by atoms with E-state index in [1.807, 2.05) is 6.07 Å². The molecule has 1 saturated heterocycles. The average Bonchev–Trinajstić information content (AvgIpc) is 2.93. The summed E-state index contributed by atoms with van der Waals surface area (Å²) in [5, 5.41) is 1.06. The number of benzene rings is 1. The highest BCUT2D eigenvalue weighted by Crippen LogP contribution is 2.44. The van der Waals surface area contributed by atoms with Crippen molar-refractivity contribution >= 4 is 23.2 Å². The van der Waals surface area contributed by atoms with Crippen LogP contribution in [-0.2, 0) is 15.3 Å². The molecule has 0 N–H and O–H groups in total. The van der Waals surface area contributed by atoms with Gasteiger partial charge in [-0.1, -0.05) is 42.6 Å². The predicted octanol–water partition coefficient (Wildman–Crippen LogP) is 4.20. The molecular formula is C16H16Cl2N2O2. The van der Waals surface area contributed by atoms with Gasteiger partial charge in [-0.25, -0.2) is 9.97 Å². The standard InChI is InChI=1S/C16H16Cl2N2O2/c1-2-3-13-9-21-16(22-13,11-7-19-10-20-8-11)14-5-4-12(17)6-15(14)18/h4-8,10,13H,2-3,9H2,1H3. The van der Waals surface area contributed by atoms with Crippen molar-refractivity contribution < 1.29 is 9.47 Å². The molecule has 1 aliphatic rings. The van der Waals surface area contributed by atoms with Crippen LogP contribution < -0.4 is 0 Å². The Kier molecular flexibility index (Phi) is 4.64. The number of halogens is 2. The van der Waals surface area contributed by atoms with Gasteiger partial charge in [-0.15, -0.1) is 0 Å². The molecule has 2 atom stereocenters. The molecule has 3 rings (SSSR count). The van der Waals surface area contributed by atoms with E-state index in [1.165, 1.54) is 6.33 Å². The van der Waals surface area contributed by atoms with Gasteiger partial charge in [0.2, 0.25) is 5.79 Å². The highest BCUT2D eigenvalue weighted by Gasteiger charge is 2.46. The van der Waals surface area contributed by atoms with E-state index in [9.17, 15) is 0 Å². The molecule has 0 aliphatic carbocycles. The summed E-state index contributed by atoms with van der Waals surface area (Å²) < 4.78 is 12.3. The topological polar surface area (TPSA) is 44.2 Å². The maximum Gasteiger partial charge on any atom is 0.227 e. The van der Waals surface area contributed by atoms with Gasteiger partial charge in [-0.05, 0) is 18.6 Å². The van der Waals surface area contributed by atoms with E-state index < -0.39 is 5.79 Å². The third kappa shape index (κ3) is 2.84.